The molecule has 170 valence electrons. The SMILES string of the molecule is CCNC(=NCCc1c(F)cccc1F)N1CCC(OCC2CCCCO2)CC1.I. The lowest BCUT2D eigenvalue weighted by molar-refractivity contribution is -0.0721. The van der Waals surface area contributed by atoms with E-state index in [0.29, 0.717) is 13.2 Å². The molecule has 2 heterocycles. The zero-order chi connectivity index (χ0) is 20.5. The highest BCUT2D eigenvalue weighted by Gasteiger charge is 2.23. The molecule has 30 heavy (non-hydrogen) atoms. The Morgan fingerprint density at radius 1 is 1.20 bits per heavy atom. The van der Waals surface area contributed by atoms with E-state index >= 15 is 0 Å². The summed E-state index contributed by atoms with van der Waals surface area (Å²) in [6.07, 6.45) is 6.12. The molecule has 1 N–H and O–H groups in total. The number of nitrogens with one attached hydrogen (secondary N) is 1. The van der Waals surface area contributed by atoms with Crippen LogP contribution in [0.3, 0.4) is 0 Å². The number of aliphatic imine (C=N–C) groups is 1. The molecule has 0 aliphatic carbocycles. The molecule has 2 aliphatic heterocycles. The van der Waals surface area contributed by atoms with Crippen molar-refractivity contribution in [3.05, 3.63) is 35.4 Å². The predicted molar refractivity (Wildman–Crippen MR) is 126 cm³/mol. The van der Waals surface area contributed by atoms with Gasteiger partial charge in [0.15, 0.2) is 5.96 Å². The average molecular weight is 537 g/mol. The maximum absolute atomic E-state index is 13.8. The average Bonchev–Trinajstić information content (AvgIpc) is 2.75. The van der Waals surface area contributed by atoms with Crippen LogP contribution in [-0.4, -0.2) is 62.5 Å². The first-order valence-electron chi connectivity index (χ1n) is 10.9. The molecule has 0 spiro atoms. The van der Waals surface area contributed by atoms with Crippen molar-refractivity contribution in [3.8, 4) is 0 Å². The molecule has 1 aromatic rings. The van der Waals surface area contributed by atoms with Gasteiger partial charge in [-0.1, -0.05) is 6.07 Å². The summed E-state index contributed by atoms with van der Waals surface area (Å²) in [5, 5.41) is 3.29. The van der Waals surface area contributed by atoms with Gasteiger partial charge in [0.25, 0.3) is 0 Å². The largest absolute Gasteiger partial charge is 0.376 e. The van der Waals surface area contributed by atoms with E-state index in [4.69, 9.17) is 9.47 Å². The minimum atomic E-state index is -0.509. The van der Waals surface area contributed by atoms with Gasteiger partial charge in [-0.15, -0.1) is 24.0 Å². The van der Waals surface area contributed by atoms with Crippen LogP contribution in [0.5, 0.6) is 0 Å². The van der Waals surface area contributed by atoms with Crippen molar-refractivity contribution in [2.45, 2.75) is 57.7 Å². The summed E-state index contributed by atoms with van der Waals surface area (Å²) in [5.41, 5.74) is 0.101. The van der Waals surface area contributed by atoms with Gasteiger partial charge in [0.2, 0.25) is 0 Å². The highest BCUT2D eigenvalue weighted by molar-refractivity contribution is 14.0. The Hall–Kier alpha value is -1.00. The van der Waals surface area contributed by atoms with Crippen LogP contribution in [0.1, 0.15) is 44.6 Å². The summed E-state index contributed by atoms with van der Waals surface area (Å²) in [5.74, 6) is -0.214. The lowest BCUT2D eigenvalue weighted by Gasteiger charge is -2.35. The van der Waals surface area contributed by atoms with Gasteiger partial charge >= 0.3 is 0 Å². The first-order chi connectivity index (χ1) is 14.2. The van der Waals surface area contributed by atoms with Crippen LogP contribution in [0, 0.1) is 11.6 Å². The molecule has 0 amide bonds. The number of hydrogen-bond donors (Lipinski definition) is 1. The van der Waals surface area contributed by atoms with Crippen molar-refractivity contribution >= 4 is 29.9 Å². The molecule has 0 aromatic heterocycles. The minimum Gasteiger partial charge on any atom is -0.376 e. The van der Waals surface area contributed by atoms with Gasteiger partial charge in [-0.2, -0.15) is 0 Å². The molecule has 0 saturated carbocycles. The molecule has 0 radical (unpaired) electrons. The molecule has 3 rings (SSSR count). The van der Waals surface area contributed by atoms with Crippen LogP contribution in [0.2, 0.25) is 0 Å². The Kier molecular flexibility index (Phi) is 11.3. The van der Waals surface area contributed by atoms with E-state index in [1.807, 2.05) is 6.92 Å². The first-order valence-corrected chi connectivity index (χ1v) is 10.9. The van der Waals surface area contributed by atoms with Crippen LogP contribution in [0.15, 0.2) is 23.2 Å². The van der Waals surface area contributed by atoms with E-state index in [-0.39, 0.29) is 48.2 Å². The monoisotopic (exact) mass is 537 g/mol. The summed E-state index contributed by atoms with van der Waals surface area (Å²) in [7, 11) is 0. The van der Waals surface area contributed by atoms with E-state index in [0.717, 1.165) is 57.9 Å². The van der Waals surface area contributed by atoms with Crippen molar-refractivity contribution in [1.82, 2.24) is 10.2 Å². The van der Waals surface area contributed by atoms with Gasteiger partial charge in [0.05, 0.1) is 18.8 Å². The Balaban J connectivity index is 0.00000320. The number of benzene rings is 1. The third-order valence-corrected chi connectivity index (χ3v) is 5.55. The van der Waals surface area contributed by atoms with E-state index in [2.05, 4.69) is 15.2 Å². The number of rotatable bonds is 7. The highest BCUT2D eigenvalue weighted by atomic mass is 127. The van der Waals surface area contributed by atoms with Gasteiger partial charge in [-0.25, -0.2) is 8.78 Å². The summed E-state index contributed by atoms with van der Waals surface area (Å²) in [6, 6.07) is 3.96. The van der Waals surface area contributed by atoms with E-state index in [1.54, 1.807) is 0 Å². The Labute approximate surface area is 195 Å². The van der Waals surface area contributed by atoms with Crippen LogP contribution >= 0.6 is 24.0 Å². The summed E-state index contributed by atoms with van der Waals surface area (Å²) in [4.78, 5) is 6.80. The predicted octanol–water partition coefficient (Wildman–Crippen LogP) is 4.14. The van der Waals surface area contributed by atoms with Gasteiger partial charge < -0.3 is 19.7 Å². The quantitative estimate of drug-likeness (QED) is 0.323. The van der Waals surface area contributed by atoms with Crippen molar-refractivity contribution in [2.24, 2.45) is 4.99 Å². The van der Waals surface area contributed by atoms with Crippen LogP contribution in [0.4, 0.5) is 8.78 Å². The van der Waals surface area contributed by atoms with E-state index < -0.39 is 11.6 Å². The standard InChI is InChI=1S/C22H33F2N3O2.HI/c1-2-25-22(26-12-9-19-20(23)7-5-8-21(19)24)27-13-10-17(11-14-27)29-16-18-6-3-4-15-28-18;/h5,7-8,17-18H,2-4,6,9-16H2,1H3,(H,25,26);1H. The van der Waals surface area contributed by atoms with Crippen molar-refractivity contribution in [2.75, 3.05) is 39.4 Å². The number of nitrogens with zero attached hydrogens (tertiary/aromatic N) is 2. The van der Waals surface area contributed by atoms with E-state index in [1.165, 1.54) is 24.6 Å². The topological polar surface area (TPSA) is 46.1 Å². The second-order valence-electron chi connectivity index (χ2n) is 7.69. The smallest absolute Gasteiger partial charge is 0.193 e. The maximum Gasteiger partial charge on any atom is 0.193 e. The molecular weight excluding hydrogens is 503 g/mol. The number of guanidine groups is 1. The zero-order valence-electron chi connectivity index (χ0n) is 17.7. The molecule has 2 aliphatic rings. The molecule has 1 atom stereocenters. The second-order valence-corrected chi connectivity index (χ2v) is 7.69. The van der Waals surface area contributed by atoms with Gasteiger partial charge in [0, 0.05) is 38.3 Å². The number of likely N-dealkylation sites (tertiary alicyclic amines) is 1. The number of piperidine rings is 1. The highest BCUT2D eigenvalue weighted by Crippen LogP contribution is 2.18. The number of ether oxygens (including phenoxy) is 2. The summed E-state index contributed by atoms with van der Waals surface area (Å²) >= 11 is 0. The van der Waals surface area contributed by atoms with Gasteiger partial charge in [-0.3, -0.25) is 4.99 Å². The fourth-order valence-corrected chi connectivity index (χ4v) is 3.89. The Bertz CT molecular complexity index is 644. The molecule has 1 unspecified atom stereocenters. The zero-order valence-corrected chi connectivity index (χ0v) is 20.1. The first kappa shape index (κ1) is 25.3. The van der Waals surface area contributed by atoms with Crippen molar-refractivity contribution in [1.29, 1.82) is 0 Å². The van der Waals surface area contributed by atoms with Crippen LogP contribution in [-0.2, 0) is 15.9 Å². The second kappa shape index (κ2) is 13.4. The molecule has 5 nitrogen and oxygen atoms in total. The molecule has 2 saturated heterocycles. The fraction of sp³-hybridized carbons (Fsp3) is 0.682. The minimum absolute atomic E-state index is 0. The van der Waals surface area contributed by atoms with Crippen LogP contribution in [0.25, 0.3) is 0 Å². The van der Waals surface area contributed by atoms with Crippen molar-refractivity contribution in [3.63, 3.8) is 0 Å². The molecule has 1 aromatic carbocycles. The third kappa shape index (κ3) is 7.60. The summed E-state index contributed by atoms with van der Waals surface area (Å²) in [6.45, 7) is 6.37. The van der Waals surface area contributed by atoms with Crippen LogP contribution < -0.4 is 5.32 Å². The van der Waals surface area contributed by atoms with E-state index in [9.17, 15) is 8.78 Å². The maximum atomic E-state index is 13.8. The molecule has 2 fully saturated rings. The normalized spacial score (nSPS) is 20.7. The lowest BCUT2D eigenvalue weighted by atomic mass is 10.1. The Morgan fingerprint density at radius 2 is 1.93 bits per heavy atom. The molecule has 8 heteroatoms. The molecular formula is C22H34F2IN3O2. The number of hydrogen-bond acceptors (Lipinski definition) is 3. The summed E-state index contributed by atoms with van der Waals surface area (Å²) < 4.78 is 39.4. The molecule has 0 bridgehead atoms. The van der Waals surface area contributed by atoms with Gasteiger partial charge in [0.1, 0.15) is 11.6 Å². The third-order valence-electron chi connectivity index (χ3n) is 5.55. The lowest BCUT2D eigenvalue weighted by Crippen LogP contribution is -2.47. The number of halogens is 3. The fourth-order valence-electron chi connectivity index (χ4n) is 3.89. The van der Waals surface area contributed by atoms with Gasteiger partial charge in [-0.05, 0) is 57.6 Å². The van der Waals surface area contributed by atoms with Crippen molar-refractivity contribution < 1.29 is 18.3 Å². The Morgan fingerprint density at radius 3 is 2.57 bits per heavy atom.